The molecule has 0 fully saturated rings. The molecule has 0 aliphatic heterocycles. The van der Waals surface area contributed by atoms with E-state index in [4.69, 9.17) is 9.84 Å². The van der Waals surface area contributed by atoms with Crippen molar-refractivity contribution in [2.45, 2.75) is 39.7 Å². The molecular formula is C9H16O8. The zero-order valence-electron chi connectivity index (χ0n) is 10.1. The van der Waals surface area contributed by atoms with Crippen LogP contribution in [0.5, 0.6) is 0 Å². The highest BCUT2D eigenvalue weighted by molar-refractivity contribution is 5.59. The molecule has 100 valence electrons. The van der Waals surface area contributed by atoms with E-state index in [1.807, 2.05) is 20.8 Å². The molecule has 0 rings (SSSR count). The molecule has 0 bridgehead atoms. The van der Waals surface area contributed by atoms with Gasteiger partial charge in [0.1, 0.15) is 5.60 Å². The van der Waals surface area contributed by atoms with Crippen LogP contribution in [0, 0.1) is 5.92 Å². The lowest BCUT2D eigenvalue weighted by molar-refractivity contribution is -0.601. The fraction of sp³-hybridized carbons (Fsp3) is 0.778. The summed E-state index contributed by atoms with van der Waals surface area (Å²) in [5.74, 6) is 0.0660. The Bertz CT molecular complexity index is 264. The number of hydrogen-bond donors (Lipinski definition) is 1. The van der Waals surface area contributed by atoms with Crippen molar-refractivity contribution in [2.24, 2.45) is 5.92 Å². The van der Waals surface area contributed by atoms with Gasteiger partial charge in [-0.15, -0.1) is 0 Å². The van der Waals surface area contributed by atoms with E-state index in [0.717, 1.165) is 0 Å². The molecule has 0 aromatic rings. The van der Waals surface area contributed by atoms with Crippen molar-refractivity contribution < 1.29 is 39.3 Å². The fourth-order valence-corrected chi connectivity index (χ4v) is 0.890. The molecule has 0 aromatic carbocycles. The van der Waals surface area contributed by atoms with Crippen molar-refractivity contribution in [3.63, 3.8) is 0 Å². The molecule has 0 amide bonds. The molecular weight excluding hydrogens is 236 g/mol. The molecule has 8 heteroatoms. The van der Waals surface area contributed by atoms with Crippen molar-refractivity contribution in [1.29, 1.82) is 0 Å². The highest BCUT2D eigenvalue weighted by Crippen LogP contribution is 2.25. The minimum absolute atomic E-state index is 0.0660. The predicted octanol–water partition coefficient (Wildman–Crippen LogP) is 2.44. The van der Waals surface area contributed by atoms with E-state index in [9.17, 15) is 9.59 Å². The van der Waals surface area contributed by atoms with Crippen molar-refractivity contribution in [3.05, 3.63) is 0 Å². The molecule has 0 spiro atoms. The first-order chi connectivity index (χ1) is 7.81. The van der Waals surface area contributed by atoms with Gasteiger partial charge < -0.3 is 9.84 Å². The number of ether oxygens (including phenoxy) is 1. The van der Waals surface area contributed by atoms with Crippen molar-refractivity contribution in [2.75, 3.05) is 0 Å². The Morgan fingerprint density at radius 2 is 1.76 bits per heavy atom. The minimum atomic E-state index is -1.75. The van der Waals surface area contributed by atoms with Crippen LogP contribution < -0.4 is 0 Å². The largest absolute Gasteiger partial charge is 0.543 e. The molecule has 8 nitrogen and oxygen atoms in total. The second-order valence-electron chi connectivity index (χ2n) is 3.74. The molecule has 0 radical (unpaired) electrons. The number of hydrogen-bond acceptors (Lipinski definition) is 7. The van der Waals surface area contributed by atoms with Gasteiger partial charge in [-0.05, 0) is 19.3 Å². The lowest BCUT2D eigenvalue weighted by Crippen LogP contribution is -2.36. The van der Waals surface area contributed by atoms with Gasteiger partial charge in [0.05, 0.1) is 0 Å². The van der Waals surface area contributed by atoms with Gasteiger partial charge in [-0.3, -0.25) is 0 Å². The quantitative estimate of drug-likeness (QED) is 0.333. The normalized spacial score (nSPS) is 13.9. The van der Waals surface area contributed by atoms with Crippen LogP contribution >= 0.6 is 0 Å². The monoisotopic (exact) mass is 252 g/mol. The van der Waals surface area contributed by atoms with Crippen LogP contribution in [0.15, 0.2) is 0 Å². The van der Waals surface area contributed by atoms with Gasteiger partial charge in [-0.2, -0.15) is 0 Å². The van der Waals surface area contributed by atoms with Crippen LogP contribution in [0.2, 0.25) is 0 Å². The van der Waals surface area contributed by atoms with Crippen molar-refractivity contribution in [3.8, 4) is 0 Å². The molecule has 17 heavy (non-hydrogen) atoms. The predicted molar refractivity (Wildman–Crippen MR) is 52.4 cm³/mol. The second-order valence-corrected chi connectivity index (χ2v) is 3.74. The van der Waals surface area contributed by atoms with E-state index >= 15 is 0 Å². The van der Waals surface area contributed by atoms with E-state index in [1.54, 1.807) is 6.92 Å². The van der Waals surface area contributed by atoms with Gasteiger partial charge in [0, 0.05) is 10.1 Å². The van der Waals surface area contributed by atoms with Crippen LogP contribution in [-0.4, -0.2) is 23.0 Å². The number of rotatable bonds is 6. The van der Waals surface area contributed by atoms with Crippen molar-refractivity contribution in [1.82, 2.24) is 0 Å². The number of carboxylic acid groups (broad SMARTS) is 1. The van der Waals surface area contributed by atoms with Gasteiger partial charge in [0.25, 0.3) is 0 Å². The van der Waals surface area contributed by atoms with E-state index in [0.29, 0.717) is 6.42 Å². The maximum absolute atomic E-state index is 11.1. The minimum Gasteiger partial charge on any atom is -0.448 e. The third kappa shape index (κ3) is 5.93. The first-order valence-electron chi connectivity index (χ1n) is 4.95. The maximum atomic E-state index is 11.1. The summed E-state index contributed by atoms with van der Waals surface area (Å²) >= 11 is 0. The molecule has 0 saturated carbocycles. The Balaban J connectivity index is 3.96. The molecule has 0 aromatic heterocycles. The van der Waals surface area contributed by atoms with Crippen LogP contribution in [-0.2, 0) is 24.6 Å². The maximum Gasteiger partial charge on any atom is 0.543 e. The summed E-state index contributed by atoms with van der Waals surface area (Å²) in [5, 5.41) is 15.2. The number of carbonyl (C=O) groups excluding carboxylic acids is 1. The van der Waals surface area contributed by atoms with E-state index in [-0.39, 0.29) is 5.92 Å². The van der Waals surface area contributed by atoms with Crippen LogP contribution in [0.1, 0.15) is 34.1 Å². The summed E-state index contributed by atoms with van der Waals surface area (Å²) in [4.78, 5) is 28.3. The van der Waals surface area contributed by atoms with Crippen molar-refractivity contribution >= 4 is 12.3 Å². The second kappa shape index (κ2) is 6.92. The Labute approximate surface area is 98.1 Å². The Kier molecular flexibility index (Phi) is 6.29. The highest BCUT2D eigenvalue weighted by atomic mass is 17.7. The summed E-state index contributed by atoms with van der Waals surface area (Å²) in [5.41, 5.74) is -0.714. The topological polar surface area (TPSA) is 101 Å². The van der Waals surface area contributed by atoms with Gasteiger partial charge in [0.15, 0.2) is 0 Å². The molecule has 1 atom stereocenters. The van der Waals surface area contributed by atoms with Gasteiger partial charge in [0.2, 0.25) is 0 Å². The molecule has 0 heterocycles. The lowest BCUT2D eigenvalue weighted by Gasteiger charge is -2.30. The van der Waals surface area contributed by atoms with E-state index < -0.39 is 17.9 Å². The van der Waals surface area contributed by atoms with E-state index in [2.05, 4.69) is 19.9 Å². The van der Waals surface area contributed by atoms with Crippen LogP contribution in [0.3, 0.4) is 0 Å². The zero-order valence-corrected chi connectivity index (χ0v) is 10.1. The third-order valence-corrected chi connectivity index (χ3v) is 2.47. The zero-order chi connectivity index (χ0) is 13.5. The first kappa shape index (κ1) is 15.5. The Hall–Kier alpha value is -1.54. The summed E-state index contributed by atoms with van der Waals surface area (Å²) in [6, 6.07) is 0. The Morgan fingerprint density at radius 3 is 2.18 bits per heavy atom. The van der Waals surface area contributed by atoms with Crippen LogP contribution in [0.4, 0.5) is 9.59 Å². The molecule has 0 aliphatic carbocycles. The van der Waals surface area contributed by atoms with Gasteiger partial charge in [-0.1, -0.05) is 20.8 Å². The summed E-state index contributed by atoms with van der Waals surface area (Å²) < 4.78 is 4.99. The SMILES string of the molecule is CCC(C)(OC(=O)OOOOC(=O)O)C(C)C. The smallest absolute Gasteiger partial charge is 0.448 e. The average molecular weight is 252 g/mol. The van der Waals surface area contributed by atoms with E-state index in [1.165, 1.54) is 0 Å². The third-order valence-electron chi connectivity index (χ3n) is 2.47. The summed E-state index contributed by atoms with van der Waals surface area (Å²) in [6.45, 7) is 7.33. The molecule has 0 aliphatic rings. The summed E-state index contributed by atoms with van der Waals surface area (Å²) in [7, 11) is 0. The lowest BCUT2D eigenvalue weighted by atomic mass is 9.90. The number of carbonyl (C=O) groups is 2. The average Bonchev–Trinajstić information content (AvgIpc) is 2.23. The van der Waals surface area contributed by atoms with Crippen LogP contribution in [0.25, 0.3) is 0 Å². The highest BCUT2D eigenvalue weighted by Gasteiger charge is 2.32. The summed E-state index contributed by atoms with van der Waals surface area (Å²) in [6.07, 6.45) is -2.33. The Morgan fingerprint density at radius 1 is 1.24 bits per heavy atom. The van der Waals surface area contributed by atoms with Gasteiger partial charge in [-0.25, -0.2) is 19.4 Å². The first-order valence-corrected chi connectivity index (χ1v) is 4.95. The molecule has 0 saturated heterocycles. The fourth-order valence-electron chi connectivity index (χ4n) is 0.890. The van der Waals surface area contributed by atoms with Gasteiger partial charge >= 0.3 is 12.3 Å². The molecule has 1 unspecified atom stereocenters. The molecule has 1 N–H and O–H groups in total. The standard InChI is InChI=1S/C9H16O8/c1-5-9(4,6(2)3)13-8(12)15-17-16-14-7(10)11/h6H,5H2,1-4H3,(H,10,11).